The number of furan rings is 2. The van der Waals surface area contributed by atoms with Crippen molar-refractivity contribution in [1.82, 2.24) is 10.2 Å². The molecule has 0 unspecified atom stereocenters. The molecule has 0 fully saturated rings. The number of rotatable bonds is 4. The first-order valence-corrected chi connectivity index (χ1v) is 8.13. The zero-order valence-corrected chi connectivity index (χ0v) is 14.7. The molecule has 0 amide bonds. The minimum atomic E-state index is -0.632. The molecule has 0 aliphatic rings. The van der Waals surface area contributed by atoms with Crippen LogP contribution in [0.3, 0.4) is 0 Å². The third-order valence-electron chi connectivity index (χ3n) is 3.74. The Morgan fingerprint density at radius 3 is 2.73 bits per heavy atom. The molecule has 0 atom stereocenters. The van der Waals surface area contributed by atoms with Crippen molar-refractivity contribution in [3.63, 3.8) is 0 Å². The lowest BCUT2D eigenvalue weighted by Crippen LogP contribution is -2.04. The van der Waals surface area contributed by atoms with E-state index in [1.807, 2.05) is 6.92 Å². The molecule has 0 N–H and O–H groups in total. The van der Waals surface area contributed by atoms with Crippen LogP contribution in [0, 0.1) is 13.8 Å². The Kier molecular flexibility index (Phi) is 4.00. The predicted octanol–water partition coefficient (Wildman–Crippen LogP) is 4.70. The number of ether oxygens (including phenoxy) is 1. The zero-order valence-electron chi connectivity index (χ0n) is 13.9. The molecular formula is C18H13ClN2O5. The fourth-order valence-corrected chi connectivity index (χ4v) is 2.76. The first-order valence-electron chi connectivity index (χ1n) is 7.75. The molecule has 0 radical (unpaired) electrons. The highest BCUT2D eigenvalue weighted by atomic mass is 35.5. The molecular weight excluding hydrogens is 360 g/mol. The number of carbonyl (C=O) groups excluding carboxylic acids is 1. The van der Waals surface area contributed by atoms with E-state index in [-0.39, 0.29) is 18.3 Å². The molecule has 3 heterocycles. The second-order valence-electron chi connectivity index (χ2n) is 5.70. The standard InChI is InChI=1S/C18H13ClN2O5/c1-9-5-13(10(2)24-9)17-21-20-16(26-17)8-23-18(22)15-7-11-6-12(19)3-4-14(11)25-15/h3-7H,8H2,1-2H3. The summed E-state index contributed by atoms with van der Waals surface area (Å²) in [5, 5.41) is 9.10. The van der Waals surface area contributed by atoms with Crippen molar-refractivity contribution in [3.05, 3.63) is 58.5 Å². The molecule has 3 aromatic heterocycles. The number of fused-ring (bicyclic) bond motifs is 1. The SMILES string of the molecule is Cc1cc(-c2nnc(COC(=O)c3cc4cc(Cl)ccc4o3)o2)c(C)o1. The van der Waals surface area contributed by atoms with Gasteiger partial charge in [-0.3, -0.25) is 0 Å². The van der Waals surface area contributed by atoms with Crippen molar-refractivity contribution in [3.8, 4) is 11.5 Å². The minimum absolute atomic E-state index is 0.0725. The summed E-state index contributed by atoms with van der Waals surface area (Å²) in [7, 11) is 0. The van der Waals surface area contributed by atoms with Crippen LogP contribution in [-0.4, -0.2) is 16.2 Å². The van der Waals surface area contributed by atoms with E-state index in [2.05, 4.69) is 10.2 Å². The summed E-state index contributed by atoms with van der Waals surface area (Å²) in [6.07, 6.45) is 0. The zero-order chi connectivity index (χ0) is 18.3. The molecule has 0 aliphatic carbocycles. The van der Waals surface area contributed by atoms with Crippen LogP contribution < -0.4 is 0 Å². The second kappa shape index (κ2) is 6.34. The predicted molar refractivity (Wildman–Crippen MR) is 91.8 cm³/mol. The van der Waals surface area contributed by atoms with Crippen molar-refractivity contribution in [2.24, 2.45) is 0 Å². The van der Waals surface area contributed by atoms with Crippen LogP contribution in [0.2, 0.25) is 5.02 Å². The van der Waals surface area contributed by atoms with Crippen LogP contribution in [0.1, 0.15) is 28.0 Å². The van der Waals surface area contributed by atoms with Gasteiger partial charge in [0.25, 0.3) is 11.8 Å². The van der Waals surface area contributed by atoms with Gasteiger partial charge in [-0.15, -0.1) is 10.2 Å². The lowest BCUT2D eigenvalue weighted by molar-refractivity contribution is 0.0405. The molecule has 26 heavy (non-hydrogen) atoms. The lowest BCUT2D eigenvalue weighted by Gasteiger charge is -1.98. The van der Waals surface area contributed by atoms with Gasteiger partial charge in [-0.25, -0.2) is 4.79 Å². The number of halogens is 1. The minimum Gasteiger partial charge on any atom is -0.466 e. The van der Waals surface area contributed by atoms with Gasteiger partial charge in [0.1, 0.15) is 17.1 Å². The molecule has 4 rings (SSSR count). The molecule has 0 spiro atoms. The highest BCUT2D eigenvalue weighted by Crippen LogP contribution is 2.26. The molecule has 7 nitrogen and oxygen atoms in total. The van der Waals surface area contributed by atoms with Crippen molar-refractivity contribution in [2.45, 2.75) is 20.5 Å². The molecule has 0 saturated carbocycles. The first kappa shape index (κ1) is 16.4. The van der Waals surface area contributed by atoms with Gasteiger partial charge >= 0.3 is 5.97 Å². The summed E-state index contributed by atoms with van der Waals surface area (Å²) in [6, 6.07) is 8.45. The Balaban J connectivity index is 1.46. The molecule has 1 aromatic carbocycles. The van der Waals surface area contributed by atoms with Gasteiger partial charge in [0.2, 0.25) is 5.76 Å². The lowest BCUT2D eigenvalue weighted by atomic mass is 10.2. The Hall–Kier alpha value is -3.06. The highest BCUT2D eigenvalue weighted by molar-refractivity contribution is 6.31. The Morgan fingerprint density at radius 2 is 1.96 bits per heavy atom. The number of hydrogen-bond donors (Lipinski definition) is 0. The van der Waals surface area contributed by atoms with E-state index >= 15 is 0 Å². The number of benzene rings is 1. The van der Waals surface area contributed by atoms with Crippen molar-refractivity contribution >= 4 is 28.5 Å². The first-order chi connectivity index (χ1) is 12.5. The summed E-state index contributed by atoms with van der Waals surface area (Å²) < 4.78 is 21.6. The van der Waals surface area contributed by atoms with Gasteiger partial charge in [-0.2, -0.15) is 0 Å². The van der Waals surface area contributed by atoms with E-state index in [1.54, 1.807) is 37.3 Å². The second-order valence-corrected chi connectivity index (χ2v) is 6.13. The largest absolute Gasteiger partial charge is 0.466 e. The topological polar surface area (TPSA) is 91.5 Å². The van der Waals surface area contributed by atoms with Crippen LogP contribution in [0.15, 0.2) is 43.6 Å². The maximum absolute atomic E-state index is 12.2. The van der Waals surface area contributed by atoms with Gasteiger partial charge in [0.05, 0.1) is 5.56 Å². The summed E-state index contributed by atoms with van der Waals surface area (Å²) in [6.45, 7) is 3.47. The van der Waals surface area contributed by atoms with Crippen molar-refractivity contribution in [1.29, 1.82) is 0 Å². The molecule has 0 aliphatic heterocycles. The van der Waals surface area contributed by atoms with Gasteiger partial charge in [-0.1, -0.05) is 11.6 Å². The third-order valence-corrected chi connectivity index (χ3v) is 3.98. The third kappa shape index (κ3) is 3.09. The molecule has 0 saturated heterocycles. The van der Waals surface area contributed by atoms with Crippen LogP contribution in [0.5, 0.6) is 0 Å². The summed E-state index contributed by atoms with van der Waals surface area (Å²) in [4.78, 5) is 12.2. The van der Waals surface area contributed by atoms with Gasteiger partial charge < -0.3 is 18.0 Å². The molecule has 4 aromatic rings. The number of hydrogen-bond acceptors (Lipinski definition) is 7. The molecule has 132 valence electrons. The summed E-state index contributed by atoms with van der Waals surface area (Å²) >= 11 is 5.92. The number of nitrogens with zero attached hydrogens (tertiary/aromatic N) is 2. The fraction of sp³-hybridized carbons (Fsp3) is 0.167. The number of esters is 1. The van der Waals surface area contributed by atoms with E-state index in [0.29, 0.717) is 27.8 Å². The van der Waals surface area contributed by atoms with Crippen LogP contribution in [0.25, 0.3) is 22.4 Å². The number of aromatic nitrogens is 2. The van der Waals surface area contributed by atoms with Crippen molar-refractivity contribution in [2.75, 3.05) is 0 Å². The van der Waals surface area contributed by atoms with Crippen LogP contribution in [0.4, 0.5) is 0 Å². The number of aryl methyl sites for hydroxylation is 2. The maximum Gasteiger partial charge on any atom is 0.374 e. The quantitative estimate of drug-likeness (QED) is 0.479. The van der Waals surface area contributed by atoms with Gasteiger partial charge in [-0.05, 0) is 44.2 Å². The average Bonchev–Trinajstić information content (AvgIpc) is 3.30. The normalized spacial score (nSPS) is 11.2. The van der Waals surface area contributed by atoms with Gasteiger partial charge in [0.15, 0.2) is 6.61 Å². The van der Waals surface area contributed by atoms with E-state index in [4.69, 9.17) is 29.6 Å². The number of carbonyl (C=O) groups is 1. The average molecular weight is 373 g/mol. The van der Waals surface area contributed by atoms with Gasteiger partial charge in [0, 0.05) is 10.4 Å². The monoisotopic (exact) mass is 372 g/mol. The van der Waals surface area contributed by atoms with Crippen LogP contribution in [-0.2, 0) is 11.3 Å². The Labute approximate surface area is 152 Å². The molecule has 0 bridgehead atoms. The smallest absolute Gasteiger partial charge is 0.374 e. The molecule has 8 heteroatoms. The maximum atomic E-state index is 12.2. The summed E-state index contributed by atoms with van der Waals surface area (Å²) in [5.74, 6) is 1.34. The Morgan fingerprint density at radius 1 is 1.12 bits per heavy atom. The summed E-state index contributed by atoms with van der Waals surface area (Å²) in [5.41, 5.74) is 1.26. The van der Waals surface area contributed by atoms with Crippen molar-refractivity contribution < 1.29 is 22.8 Å². The van der Waals surface area contributed by atoms with E-state index < -0.39 is 5.97 Å². The highest BCUT2D eigenvalue weighted by Gasteiger charge is 2.18. The van der Waals surface area contributed by atoms with E-state index in [0.717, 1.165) is 11.1 Å². The van der Waals surface area contributed by atoms with E-state index in [1.165, 1.54) is 0 Å². The fourth-order valence-electron chi connectivity index (χ4n) is 2.58. The van der Waals surface area contributed by atoms with E-state index in [9.17, 15) is 4.79 Å². The van der Waals surface area contributed by atoms with Crippen LogP contribution >= 0.6 is 11.6 Å². The Bertz CT molecular complexity index is 1110.